The number of hydrogen-bond donors (Lipinski definition) is 1. The van der Waals surface area contributed by atoms with E-state index in [-0.39, 0.29) is 11.4 Å². The molecular formula is C9H7BrN2O3. The predicted molar refractivity (Wildman–Crippen MR) is 57.5 cm³/mol. The Morgan fingerprint density at radius 3 is 3.00 bits per heavy atom. The second-order valence-corrected chi connectivity index (χ2v) is 3.66. The molecule has 2 N–H and O–H groups in total. The van der Waals surface area contributed by atoms with E-state index in [0.717, 1.165) is 0 Å². The minimum atomic E-state index is -0.614. The quantitative estimate of drug-likeness (QED) is 0.802. The summed E-state index contributed by atoms with van der Waals surface area (Å²) in [6.07, 6.45) is 1.57. The van der Waals surface area contributed by atoms with Crippen LogP contribution in [0.1, 0.15) is 10.6 Å². The molecule has 0 aliphatic rings. The van der Waals surface area contributed by atoms with Gasteiger partial charge in [-0.1, -0.05) is 0 Å². The van der Waals surface area contributed by atoms with Gasteiger partial charge in [0, 0.05) is 6.20 Å². The van der Waals surface area contributed by atoms with Gasteiger partial charge in [-0.3, -0.25) is 4.98 Å². The van der Waals surface area contributed by atoms with Crippen molar-refractivity contribution < 1.29 is 13.9 Å². The first-order valence-electron chi connectivity index (χ1n) is 4.06. The second kappa shape index (κ2) is 3.54. The standard InChI is InChI=1S/C9H7BrN2O3/c1-14-9(13)8-5(11)6-7(15-8)4(10)2-3-12-6/h2-3H,11H2,1H3. The Morgan fingerprint density at radius 1 is 1.67 bits per heavy atom. The zero-order valence-electron chi connectivity index (χ0n) is 7.78. The monoisotopic (exact) mass is 270 g/mol. The number of rotatable bonds is 1. The number of carbonyl (C=O) groups is 1. The average Bonchev–Trinajstić information content (AvgIpc) is 2.57. The molecule has 2 aromatic rings. The van der Waals surface area contributed by atoms with Crippen molar-refractivity contribution in [2.24, 2.45) is 0 Å². The third kappa shape index (κ3) is 1.46. The molecule has 5 nitrogen and oxygen atoms in total. The van der Waals surface area contributed by atoms with E-state index in [9.17, 15) is 4.79 Å². The minimum Gasteiger partial charge on any atom is -0.463 e. The van der Waals surface area contributed by atoms with Gasteiger partial charge in [-0.25, -0.2) is 4.79 Å². The fourth-order valence-electron chi connectivity index (χ4n) is 1.22. The normalized spacial score (nSPS) is 10.5. The number of anilines is 1. The highest BCUT2D eigenvalue weighted by Crippen LogP contribution is 2.31. The van der Waals surface area contributed by atoms with Crippen LogP contribution in [0.15, 0.2) is 21.2 Å². The molecule has 0 saturated heterocycles. The van der Waals surface area contributed by atoms with Gasteiger partial charge in [-0.05, 0) is 22.0 Å². The van der Waals surface area contributed by atoms with Crippen LogP contribution < -0.4 is 5.73 Å². The molecule has 6 heteroatoms. The van der Waals surface area contributed by atoms with Crippen molar-refractivity contribution in [3.05, 3.63) is 22.5 Å². The highest BCUT2D eigenvalue weighted by Gasteiger charge is 2.20. The molecule has 0 atom stereocenters. The van der Waals surface area contributed by atoms with Gasteiger partial charge < -0.3 is 14.9 Å². The number of nitrogens with zero attached hydrogens (tertiary/aromatic N) is 1. The fourth-order valence-corrected chi connectivity index (χ4v) is 1.61. The minimum absolute atomic E-state index is 0.0214. The maximum absolute atomic E-state index is 11.3. The number of esters is 1. The Bertz CT molecular complexity index is 535. The first-order chi connectivity index (χ1) is 7.15. The molecule has 0 saturated carbocycles. The van der Waals surface area contributed by atoms with E-state index < -0.39 is 5.97 Å². The molecule has 2 rings (SSSR count). The van der Waals surface area contributed by atoms with E-state index in [4.69, 9.17) is 10.2 Å². The number of methoxy groups -OCH3 is 1. The third-order valence-electron chi connectivity index (χ3n) is 1.93. The first-order valence-corrected chi connectivity index (χ1v) is 4.85. The van der Waals surface area contributed by atoms with Crippen LogP contribution in [0.4, 0.5) is 5.69 Å². The summed E-state index contributed by atoms with van der Waals surface area (Å²) in [6, 6.07) is 1.70. The van der Waals surface area contributed by atoms with Crippen molar-refractivity contribution in [3.8, 4) is 0 Å². The molecule has 0 aromatic carbocycles. The molecule has 2 heterocycles. The Balaban J connectivity index is 2.75. The number of carbonyl (C=O) groups excluding carboxylic acids is 1. The van der Waals surface area contributed by atoms with Gasteiger partial charge in [0.25, 0.3) is 0 Å². The van der Waals surface area contributed by atoms with Gasteiger partial charge in [0.15, 0.2) is 5.58 Å². The predicted octanol–water partition coefficient (Wildman–Crippen LogP) is 1.96. The summed E-state index contributed by atoms with van der Waals surface area (Å²) in [7, 11) is 1.26. The summed E-state index contributed by atoms with van der Waals surface area (Å²) in [5.41, 5.74) is 6.79. The van der Waals surface area contributed by atoms with Crippen molar-refractivity contribution in [1.29, 1.82) is 0 Å². The SMILES string of the molecule is COC(=O)c1oc2c(Br)ccnc2c1N. The molecule has 0 fully saturated rings. The maximum Gasteiger partial charge on any atom is 0.376 e. The van der Waals surface area contributed by atoms with Gasteiger partial charge in [0.05, 0.1) is 11.6 Å². The molecule has 0 aliphatic heterocycles. The topological polar surface area (TPSA) is 78.3 Å². The molecule has 0 radical (unpaired) electrons. The molecule has 0 spiro atoms. The molecule has 0 unspecified atom stereocenters. The Morgan fingerprint density at radius 2 is 2.40 bits per heavy atom. The van der Waals surface area contributed by atoms with E-state index in [2.05, 4.69) is 25.7 Å². The first kappa shape index (κ1) is 9.97. The summed E-state index contributed by atoms with van der Waals surface area (Å²) in [6.45, 7) is 0. The van der Waals surface area contributed by atoms with Crippen LogP contribution in [0.25, 0.3) is 11.1 Å². The summed E-state index contributed by atoms with van der Waals surface area (Å²) < 4.78 is 10.5. The van der Waals surface area contributed by atoms with Gasteiger partial charge in [0.1, 0.15) is 11.2 Å². The average molecular weight is 271 g/mol. The van der Waals surface area contributed by atoms with Gasteiger partial charge in [-0.2, -0.15) is 0 Å². The van der Waals surface area contributed by atoms with Crippen LogP contribution in [0.5, 0.6) is 0 Å². The lowest BCUT2D eigenvalue weighted by atomic mass is 10.3. The van der Waals surface area contributed by atoms with E-state index in [0.29, 0.717) is 15.6 Å². The molecule has 0 bridgehead atoms. The van der Waals surface area contributed by atoms with Crippen LogP contribution in [0, 0.1) is 0 Å². The van der Waals surface area contributed by atoms with Gasteiger partial charge in [0.2, 0.25) is 5.76 Å². The lowest BCUT2D eigenvalue weighted by molar-refractivity contribution is 0.0569. The van der Waals surface area contributed by atoms with E-state index in [1.165, 1.54) is 7.11 Å². The third-order valence-corrected chi connectivity index (χ3v) is 2.56. The van der Waals surface area contributed by atoms with Crippen molar-refractivity contribution in [3.63, 3.8) is 0 Å². The van der Waals surface area contributed by atoms with Crippen molar-refractivity contribution in [1.82, 2.24) is 4.98 Å². The number of aromatic nitrogens is 1. The van der Waals surface area contributed by atoms with Gasteiger partial charge in [-0.15, -0.1) is 0 Å². The maximum atomic E-state index is 11.3. The van der Waals surface area contributed by atoms with Gasteiger partial charge >= 0.3 is 5.97 Å². The van der Waals surface area contributed by atoms with Crippen LogP contribution >= 0.6 is 15.9 Å². The molecule has 0 amide bonds. The highest BCUT2D eigenvalue weighted by molar-refractivity contribution is 9.10. The lowest BCUT2D eigenvalue weighted by Gasteiger charge is -1.93. The second-order valence-electron chi connectivity index (χ2n) is 2.81. The number of halogens is 1. The smallest absolute Gasteiger partial charge is 0.376 e. The van der Waals surface area contributed by atoms with E-state index >= 15 is 0 Å². The number of ether oxygens (including phenoxy) is 1. The zero-order chi connectivity index (χ0) is 11.0. The Kier molecular flexibility index (Phi) is 2.36. The van der Waals surface area contributed by atoms with Crippen LogP contribution in [-0.4, -0.2) is 18.1 Å². The number of nitrogens with two attached hydrogens (primary N) is 1. The summed E-state index contributed by atoms with van der Waals surface area (Å²) >= 11 is 3.27. The molecule has 2 aromatic heterocycles. The molecule has 78 valence electrons. The van der Waals surface area contributed by atoms with Crippen LogP contribution in [-0.2, 0) is 4.74 Å². The number of nitrogen functional groups attached to an aromatic ring is 1. The van der Waals surface area contributed by atoms with Crippen LogP contribution in [0.3, 0.4) is 0 Å². The molecule has 0 aliphatic carbocycles. The highest BCUT2D eigenvalue weighted by atomic mass is 79.9. The summed E-state index contributed by atoms with van der Waals surface area (Å²) in [5, 5.41) is 0. The summed E-state index contributed by atoms with van der Waals surface area (Å²) in [4.78, 5) is 15.3. The molecule has 15 heavy (non-hydrogen) atoms. The lowest BCUT2D eigenvalue weighted by Crippen LogP contribution is -2.02. The number of furan rings is 1. The fraction of sp³-hybridized carbons (Fsp3) is 0.111. The van der Waals surface area contributed by atoms with Crippen LogP contribution in [0.2, 0.25) is 0 Å². The zero-order valence-corrected chi connectivity index (χ0v) is 9.37. The number of pyridine rings is 1. The number of fused-ring (bicyclic) bond motifs is 1. The van der Waals surface area contributed by atoms with E-state index in [1.54, 1.807) is 12.3 Å². The number of hydrogen-bond acceptors (Lipinski definition) is 5. The van der Waals surface area contributed by atoms with Crippen molar-refractivity contribution in [2.75, 3.05) is 12.8 Å². The summed E-state index contributed by atoms with van der Waals surface area (Å²) in [5.74, 6) is -0.635. The van der Waals surface area contributed by atoms with Crippen molar-refractivity contribution in [2.45, 2.75) is 0 Å². The van der Waals surface area contributed by atoms with E-state index in [1.807, 2.05) is 0 Å². The Labute approximate surface area is 93.3 Å². The largest absolute Gasteiger partial charge is 0.463 e. The Hall–Kier alpha value is -1.56. The van der Waals surface area contributed by atoms with Crippen molar-refractivity contribution >= 4 is 38.7 Å². The molecular weight excluding hydrogens is 264 g/mol.